The number of ketones is 1. The molecule has 0 aliphatic heterocycles. The van der Waals surface area contributed by atoms with Crippen molar-refractivity contribution in [1.82, 2.24) is 19.7 Å². The van der Waals surface area contributed by atoms with Crippen molar-refractivity contribution >= 4 is 17.8 Å². The Morgan fingerprint density at radius 3 is 2.59 bits per heavy atom. The molecule has 0 saturated heterocycles. The van der Waals surface area contributed by atoms with E-state index in [0.29, 0.717) is 5.56 Å². The maximum Gasteiger partial charge on any atom is 0.182 e. The van der Waals surface area contributed by atoms with Crippen molar-refractivity contribution in [3.63, 3.8) is 0 Å². The highest BCUT2D eigenvalue weighted by Gasteiger charge is 2.12. The molecule has 0 aliphatic rings. The normalized spacial score (nSPS) is 11.1. The molecule has 0 N–H and O–H groups in total. The van der Waals surface area contributed by atoms with E-state index >= 15 is 0 Å². The zero-order chi connectivity index (χ0) is 16.1. The van der Waals surface area contributed by atoms with Gasteiger partial charge >= 0.3 is 0 Å². The lowest BCUT2D eigenvalue weighted by molar-refractivity contribution is 0.0971. The van der Waals surface area contributed by atoms with Gasteiger partial charge in [0.05, 0.1) is 18.6 Å². The molecule has 0 unspecified atom stereocenters. The Bertz CT molecular complexity index is 676. The Morgan fingerprint density at radius 1 is 1.27 bits per heavy atom. The number of carbonyl (C=O) groups excluding carboxylic acids is 1. The molecule has 6 nitrogen and oxygen atoms in total. The number of hydrogen-bond acceptors (Lipinski definition) is 4. The molecule has 0 saturated carbocycles. The Hall–Kier alpha value is -2.50. The van der Waals surface area contributed by atoms with Gasteiger partial charge < -0.3 is 9.47 Å². The fourth-order valence-electron chi connectivity index (χ4n) is 2.04. The fourth-order valence-corrected chi connectivity index (χ4v) is 2.04. The highest BCUT2D eigenvalue weighted by molar-refractivity contribution is 5.98. The van der Waals surface area contributed by atoms with Crippen LogP contribution in [-0.2, 0) is 6.54 Å². The van der Waals surface area contributed by atoms with Gasteiger partial charge in [-0.25, -0.2) is 4.99 Å². The summed E-state index contributed by atoms with van der Waals surface area (Å²) in [7, 11) is 1.97. The SMILES string of the molecule is CCN(C)/C=N\c1cc(C)c(C(=O)Cn2cnnc2)cc1C. The number of rotatable bonds is 6. The summed E-state index contributed by atoms with van der Waals surface area (Å²) in [6.07, 6.45) is 4.89. The van der Waals surface area contributed by atoms with Crippen molar-refractivity contribution in [1.29, 1.82) is 0 Å². The summed E-state index contributed by atoms with van der Waals surface area (Å²) in [5.74, 6) is 0.0432. The number of hydrogen-bond donors (Lipinski definition) is 0. The Kier molecular flexibility index (Phi) is 5.04. The summed E-state index contributed by atoms with van der Waals surface area (Å²) in [5, 5.41) is 7.42. The van der Waals surface area contributed by atoms with Crippen LogP contribution in [0.15, 0.2) is 29.8 Å². The average Bonchev–Trinajstić information content (AvgIpc) is 3.00. The third-order valence-corrected chi connectivity index (χ3v) is 3.53. The number of benzene rings is 1. The van der Waals surface area contributed by atoms with E-state index in [0.717, 1.165) is 23.4 Å². The molecule has 1 heterocycles. The second-order valence-electron chi connectivity index (χ2n) is 5.33. The first-order valence-electron chi connectivity index (χ1n) is 7.22. The van der Waals surface area contributed by atoms with Crippen LogP contribution in [0.25, 0.3) is 0 Å². The van der Waals surface area contributed by atoms with Crippen LogP contribution in [-0.4, -0.2) is 45.4 Å². The molecule has 22 heavy (non-hydrogen) atoms. The first kappa shape index (κ1) is 15.9. The topological polar surface area (TPSA) is 63.4 Å². The van der Waals surface area contributed by atoms with Crippen molar-refractivity contribution in [2.24, 2.45) is 4.99 Å². The average molecular weight is 299 g/mol. The first-order valence-corrected chi connectivity index (χ1v) is 7.22. The van der Waals surface area contributed by atoms with Gasteiger partial charge in [0.2, 0.25) is 0 Å². The van der Waals surface area contributed by atoms with Crippen molar-refractivity contribution in [2.75, 3.05) is 13.6 Å². The van der Waals surface area contributed by atoms with Crippen LogP contribution in [0.2, 0.25) is 0 Å². The number of Topliss-reactive ketones (excluding diaryl/α,β-unsaturated/α-hetero) is 1. The van der Waals surface area contributed by atoms with Gasteiger partial charge in [-0.05, 0) is 44.0 Å². The van der Waals surface area contributed by atoms with E-state index in [-0.39, 0.29) is 12.3 Å². The number of aryl methyl sites for hydroxylation is 2. The number of carbonyl (C=O) groups is 1. The van der Waals surface area contributed by atoms with Crippen molar-refractivity contribution in [3.8, 4) is 0 Å². The van der Waals surface area contributed by atoms with E-state index in [1.54, 1.807) is 23.6 Å². The summed E-state index contributed by atoms with van der Waals surface area (Å²) >= 11 is 0. The van der Waals surface area contributed by atoms with Crippen LogP contribution in [0.5, 0.6) is 0 Å². The molecular weight excluding hydrogens is 278 g/mol. The highest BCUT2D eigenvalue weighted by atomic mass is 16.1. The van der Waals surface area contributed by atoms with Gasteiger partial charge in [0.1, 0.15) is 12.7 Å². The molecule has 0 fully saturated rings. The Balaban J connectivity index is 2.22. The molecule has 2 aromatic rings. The van der Waals surface area contributed by atoms with Gasteiger partial charge in [-0.3, -0.25) is 4.79 Å². The molecule has 0 bridgehead atoms. The predicted molar refractivity (Wildman–Crippen MR) is 86.7 cm³/mol. The van der Waals surface area contributed by atoms with Crippen LogP contribution in [0.3, 0.4) is 0 Å². The molecule has 6 heteroatoms. The van der Waals surface area contributed by atoms with E-state index in [9.17, 15) is 4.79 Å². The smallest absolute Gasteiger partial charge is 0.182 e. The van der Waals surface area contributed by atoms with E-state index < -0.39 is 0 Å². The molecule has 2 rings (SSSR count). The largest absolute Gasteiger partial charge is 0.366 e. The van der Waals surface area contributed by atoms with Crippen LogP contribution in [0, 0.1) is 13.8 Å². The molecule has 0 amide bonds. The zero-order valence-electron chi connectivity index (χ0n) is 13.4. The molecular formula is C16H21N5O. The molecule has 0 radical (unpaired) electrons. The molecule has 0 spiro atoms. The standard InChI is InChI=1S/C16H21N5O/c1-5-20(4)9-17-15-7-12(2)14(6-13(15)3)16(22)8-21-10-18-19-11-21/h6-7,9-11H,5,8H2,1-4H3/b17-9-. The van der Waals surface area contributed by atoms with Crippen LogP contribution < -0.4 is 0 Å². The third kappa shape index (κ3) is 3.78. The molecule has 1 aromatic heterocycles. The van der Waals surface area contributed by atoms with E-state index in [1.807, 2.05) is 37.9 Å². The molecule has 0 aliphatic carbocycles. The van der Waals surface area contributed by atoms with Gasteiger partial charge in [0.25, 0.3) is 0 Å². The van der Waals surface area contributed by atoms with E-state index in [4.69, 9.17) is 0 Å². The lowest BCUT2D eigenvalue weighted by Crippen LogP contribution is -2.14. The number of aromatic nitrogens is 3. The third-order valence-electron chi connectivity index (χ3n) is 3.53. The minimum absolute atomic E-state index is 0.0432. The van der Waals surface area contributed by atoms with Crippen molar-refractivity contribution in [3.05, 3.63) is 41.5 Å². The van der Waals surface area contributed by atoms with Gasteiger partial charge in [-0.2, -0.15) is 0 Å². The second-order valence-corrected chi connectivity index (χ2v) is 5.33. The van der Waals surface area contributed by atoms with Crippen molar-refractivity contribution in [2.45, 2.75) is 27.3 Å². The van der Waals surface area contributed by atoms with Crippen LogP contribution >= 0.6 is 0 Å². The molecule has 0 atom stereocenters. The van der Waals surface area contributed by atoms with Gasteiger partial charge in [0, 0.05) is 19.2 Å². The fraction of sp³-hybridized carbons (Fsp3) is 0.375. The summed E-state index contributed by atoms with van der Waals surface area (Å²) < 4.78 is 1.67. The summed E-state index contributed by atoms with van der Waals surface area (Å²) in [5.41, 5.74) is 3.51. The molecule has 116 valence electrons. The minimum atomic E-state index is 0.0432. The quantitative estimate of drug-likeness (QED) is 0.467. The lowest BCUT2D eigenvalue weighted by atomic mass is 10.0. The van der Waals surface area contributed by atoms with Crippen LogP contribution in [0.1, 0.15) is 28.4 Å². The number of nitrogens with zero attached hydrogens (tertiary/aromatic N) is 5. The predicted octanol–water partition coefficient (Wildman–Crippen LogP) is 2.39. The molecule has 1 aromatic carbocycles. The summed E-state index contributed by atoms with van der Waals surface area (Å²) in [6, 6.07) is 3.86. The van der Waals surface area contributed by atoms with Gasteiger partial charge in [-0.1, -0.05) is 0 Å². The van der Waals surface area contributed by atoms with Gasteiger partial charge in [-0.15, -0.1) is 10.2 Å². The summed E-state index contributed by atoms with van der Waals surface area (Å²) in [4.78, 5) is 18.9. The first-order chi connectivity index (χ1) is 10.5. The summed E-state index contributed by atoms with van der Waals surface area (Å²) in [6.45, 7) is 7.11. The van der Waals surface area contributed by atoms with Gasteiger partial charge in [0.15, 0.2) is 5.78 Å². The minimum Gasteiger partial charge on any atom is -0.366 e. The zero-order valence-corrected chi connectivity index (χ0v) is 13.4. The van der Waals surface area contributed by atoms with Crippen LogP contribution in [0.4, 0.5) is 5.69 Å². The highest BCUT2D eigenvalue weighted by Crippen LogP contribution is 2.23. The maximum atomic E-state index is 12.4. The second kappa shape index (κ2) is 6.98. The lowest BCUT2D eigenvalue weighted by Gasteiger charge is -2.11. The monoisotopic (exact) mass is 299 g/mol. The Morgan fingerprint density at radius 2 is 1.95 bits per heavy atom. The number of aliphatic imine (C=N–C) groups is 1. The Labute approximate surface area is 130 Å². The van der Waals surface area contributed by atoms with Crippen molar-refractivity contribution < 1.29 is 4.79 Å². The van der Waals surface area contributed by atoms with E-state index in [1.165, 1.54) is 0 Å². The van der Waals surface area contributed by atoms with E-state index in [2.05, 4.69) is 22.1 Å². The maximum absolute atomic E-state index is 12.4.